The number of carbonyl (C=O) groups is 1. The number of nitriles is 1. The van der Waals surface area contributed by atoms with E-state index in [9.17, 15) is 10.1 Å². The highest BCUT2D eigenvalue weighted by Crippen LogP contribution is 2.36. The fourth-order valence-electron chi connectivity index (χ4n) is 3.61. The van der Waals surface area contributed by atoms with E-state index >= 15 is 0 Å². The van der Waals surface area contributed by atoms with Gasteiger partial charge >= 0.3 is 0 Å². The van der Waals surface area contributed by atoms with E-state index in [4.69, 9.17) is 16.3 Å². The summed E-state index contributed by atoms with van der Waals surface area (Å²) in [6, 6.07) is 27.0. The maximum atomic E-state index is 12.6. The van der Waals surface area contributed by atoms with Crippen LogP contribution in [0.5, 0.6) is 5.75 Å². The van der Waals surface area contributed by atoms with Gasteiger partial charge in [0.1, 0.15) is 18.2 Å². The topological polar surface area (TPSA) is 62.1 Å². The van der Waals surface area contributed by atoms with Crippen molar-refractivity contribution in [2.24, 2.45) is 0 Å². The van der Waals surface area contributed by atoms with E-state index in [1.165, 1.54) is 6.08 Å². The van der Waals surface area contributed by atoms with E-state index in [1.54, 1.807) is 18.2 Å². The summed E-state index contributed by atoms with van der Waals surface area (Å²) >= 11 is 10.0. The first-order valence-corrected chi connectivity index (χ1v) is 11.7. The van der Waals surface area contributed by atoms with Crippen molar-refractivity contribution in [3.8, 4) is 11.8 Å². The highest BCUT2D eigenvalue weighted by molar-refractivity contribution is 9.10. The quantitative estimate of drug-likeness (QED) is 0.205. The molecule has 4 aromatic rings. The molecule has 0 aliphatic heterocycles. The fourth-order valence-corrected chi connectivity index (χ4v) is 4.59. The number of carbonyl (C=O) groups excluding carboxylic acids is 1. The van der Waals surface area contributed by atoms with Crippen molar-refractivity contribution in [2.45, 2.75) is 13.5 Å². The average molecular weight is 532 g/mol. The number of nitrogens with zero attached hydrogens (tertiary/aromatic N) is 1. The highest BCUT2D eigenvalue weighted by atomic mass is 79.9. The van der Waals surface area contributed by atoms with Gasteiger partial charge in [-0.05, 0) is 80.7 Å². The zero-order chi connectivity index (χ0) is 24.1. The van der Waals surface area contributed by atoms with Crippen LogP contribution in [0.3, 0.4) is 0 Å². The van der Waals surface area contributed by atoms with Crippen molar-refractivity contribution in [3.05, 3.63) is 111 Å². The van der Waals surface area contributed by atoms with Crippen LogP contribution < -0.4 is 10.1 Å². The van der Waals surface area contributed by atoms with Crippen LogP contribution in [0.15, 0.2) is 88.9 Å². The lowest BCUT2D eigenvalue weighted by molar-refractivity contribution is -0.112. The van der Waals surface area contributed by atoms with Gasteiger partial charge in [-0.2, -0.15) is 5.26 Å². The lowest BCUT2D eigenvalue weighted by atomic mass is 10.1. The third-order valence-corrected chi connectivity index (χ3v) is 6.09. The molecule has 4 rings (SSSR count). The first kappa shape index (κ1) is 23.6. The standard InChI is InChI=1S/C28H20BrClN2O2/c1-18-6-4-10-23(12-18)32-28(33)22(16-31)13-19-14-25(29)27(26(30)15-19)34-17-21-9-5-8-20-7-2-3-11-24(20)21/h2-15H,17H2,1H3,(H,32,33)/b22-13-. The average Bonchev–Trinajstić information content (AvgIpc) is 2.82. The maximum absolute atomic E-state index is 12.6. The van der Waals surface area contributed by atoms with Crippen molar-refractivity contribution in [3.63, 3.8) is 0 Å². The summed E-state index contributed by atoms with van der Waals surface area (Å²) in [6.45, 7) is 2.28. The van der Waals surface area contributed by atoms with Crippen molar-refractivity contribution in [1.82, 2.24) is 0 Å². The van der Waals surface area contributed by atoms with Gasteiger partial charge in [-0.3, -0.25) is 4.79 Å². The van der Waals surface area contributed by atoms with E-state index in [1.807, 2.05) is 55.5 Å². The number of halogens is 2. The van der Waals surface area contributed by atoms with Crippen molar-refractivity contribution < 1.29 is 9.53 Å². The van der Waals surface area contributed by atoms with Gasteiger partial charge < -0.3 is 10.1 Å². The van der Waals surface area contributed by atoms with Crippen LogP contribution in [-0.4, -0.2) is 5.91 Å². The Morgan fingerprint density at radius 2 is 1.85 bits per heavy atom. The normalized spacial score (nSPS) is 11.2. The first-order chi connectivity index (χ1) is 16.4. The van der Waals surface area contributed by atoms with Gasteiger partial charge in [0.25, 0.3) is 5.91 Å². The third kappa shape index (κ3) is 5.48. The molecule has 0 saturated carbocycles. The van der Waals surface area contributed by atoms with Crippen LogP contribution in [0.25, 0.3) is 16.8 Å². The minimum Gasteiger partial charge on any atom is -0.486 e. The molecule has 0 bridgehead atoms. The van der Waals surface area contributed by atoms with Crippen molar-refractivity contribution >= 4 is 56.0 Å². The molecule has 0 saturated heterocycles. The summed E-state index contributed by atoms with van der Waals surface area (Å²) in [6.07, 6.45) is 1.50. The predicted molar refractivity (Wildman–Crippen MR) is 141 cm³/mol. The molecule has 168 valence electrons. The molecular formula is C28H20BrClN2O2. The highest BCUT2D eigenvalue weighted by Gasteiger charge is 2.13. The SMILES string of the molecule is Cc1cccc(NC(=O)/C(C#N)=C\c2cc(Cl)c(OCc3cccc4ccccc34)c(Br)c2)c1. The minimum absolute atomic E-state index is 0.0334. The Balaban J connectivity index is 1.53. The summed E-state index contributed by atoms with van der Waals surface area (Å²) in [7, 11) is 0. The second kappa shape index (κ2) is 10.6. The molecule has 0 fully saturated rings. The van der Waals surface area contributed by atoms with Gasteiger partial charge in [-0.1, -0.05) is 66.2 Å². The largest absolute Gasteiger partial charge is 0.486 e. The smallest absolute Gasteiger partial charge is 0.266 e. The molecule has 1 N–H and O–H groups in total. The number of amides is 1. The summed E-state index contributed by atoms with van der Waals surface area (Å²) in [5.74, 6) is 0.00565. The monoisotopic (exact) mass is 530 g/mol. The fraction of sp³-hybridized carbons (Fsp3) is 0.0714. The molecule has 0 heterocycles. The van der Waals surface area contributed by atoms with Crippen LogP contribution >= 0.6 is 27.5 Å². The summed E-state index contributed by atoms with van der Waals surface area (Å²) in [5, 5.41) is 14.9. The molecule has 34 heavy (non-hydrogen) atoms. The summed E-state index contributed by atoms with van der Waals surface area (Å²) in [4.78, 5) is 12.6. The van der Waals surface area contributed by atoms with E-state index in [-0.39, 0.29) is 5.57 Å². The van der Waals surface area contributed by atoms with E-state index < -0.39 is 5.91 Å². The second-order valence-corrected chi connectivity index (χ2v) is 9.00. The Labute approximate surface area is 211 Å². The minimum atomic E-state index is -0.489. The Kier molecular flexibility index (Phi) is 7.32. The van der Waals surface area contributed by atoms with Crippen LogP contribution in [0, 0.1) is 18.3 Å². The van der Waals surface area contributed by atoms with Crippen LogP contribution in [0.4, 0.5) is 5.69 Å². The molecule has 0 aliphatic carbocycles. The molecule has 0 aromatic heterocycles. The van der Waals surface area contributed by atoms with Crippen LogP contribution in [0.2, 0.25) is 5.02 Å². The van der Waals surface area contributed by atoms with E-state index in [0.717, 1.165) is 21.9 Å². The van der Waals surface area contributed by atoms with Gasteiger partial charge in [0.15, 0.2) is 5.75 Å². The van der Waals surface area contributed by atoms with Gasteiger partial charge in [-0.25, -0.2) is 0 Å². The molecule has 4 aromatic carbocycles. The van der Waals surface area contributed by atoms with E-state index in [0.29, 0.717) is 33.1 Å². The summed E-state index contributed by atoms with van der Waals surface area (Å²) < 4.78 is 6.67. The zero-order valence-electron chi connectivity index (χ0n) is 18.3. The Bertz CT molecular complexity index is 1430. The number of benzene rings is 4. The molecule has 0 aliphatic rings. The Hall–Kier alpha value is -3.59. The van der Waals surface area contributed by atoms with E-state index in [2.05, 4.69) is 39.4 Å². The first-order valence-electron chi connectivity index (χ1n) is 10.5. The number of rotatable bonds is 6. The van der Waals surface area contributed by atoms with Gasteiger partial charge in [0, 0.05) is 5.69 Å². The number of aryl methyl sites for hydroxylation is 1. The van der Waals surface area contributed by atoms with Crippen LogP contribution in [0.1, 0.15) is 16.7 Å². The third-order valence-electron chi connectivity index (χ3n) is 5.22. The second-order valence-electron chi connectivity index (χ2n) is 7.73. The summed E-state index contributed by atoms with van der Waals surface area (Å²) in [5.41, 5.74) is 3.25. The molecule has 1 amide bonds. The number of ether oxygens (including phenoxy) is 1. The maximum Gasteiger partial charge on any atom is 0.266 e. The number of nitrogens with one attached hydrogen (secondary N) is 1. The molecule has 6 heteroatoms. The molecule has 0 unspecified atom stereocenters. The number of hydrogen-bond donors (Lipinski definition) is 1. The van der Waals surface area contributed by atoms with Crippen molar-refractivity contribution in [2.75, 3.05) is 5.32 Å². The Morgan fingerprint density at radius 1 is 1.09 bits per heavy atom. The van der Waals surface area contributed by atoms with Gasteiger partial charge in [-0.15, -0.1) is 0 Å². The van der Waals surface area contributed by atoms with Crippen LogP contribution in [-0.2, 0) is 11.4 Å². The van der Waals surface area contributed by atoms with Crippen molar-refractivity contribution in [1.29, 1.82) is 5.26 Å². The number of fused-ring (bicyclic) bond motifs is 1. The number of hydrogen-bond acceptors (Lipinski definition) is 3. The van der Waals surface area contributed by atoms with Gasteiger partial charge in [0.2, 0.25) is 0 Å². The number of anilines is 1. The molecular weight excluding hydrogens is 512 g/mol. The molecule has 0 atom stereocenters. The zero-order valence-corrected chi connectivity index (χ0v) is 20.7. The lowest BCUT2D eigenvalue weighted by Crippen LogP contribution is -2.13. The molecule has 0 spiro atoms. The molecule has 4 nitrogen and oxygen atoms in total. The van der Waals surface area contributed by atoms with Gasteiger partial charge in [0.05, 0.1) is 9.50 Å². The predicted octanol–water partition coefficient (Wildman–Crippen LogP) is 7.69. The molecule has 0 radical (unpaired) electrons. The Morgan fingerprint density at radius 3 is 2.62 bits per heavy atom. The lowest BCUT2D eigenvalue weighted by Gasteiger charge is -2.13.